The monoisotopic (exact) mass is 285 g/mol. The maximum absolute atomic E-state index is 13.2. The molecule has 21 heavy (non-hydrogen) atoms. The highest BCUT2D eigenvalue weighted by molar-refractivity contribution is 5.42. The number of para-hydroxylation sites is 1. The van der Waals surface area contributed by atoms with E-state index in [1.165, 1.54) is 11.6 Å². The second-order valence-electron chi connectivity index (χ2n) is 6.01. The molecule has 0 saturated heterocycles. The average molecular weight is 285 g/mol. The number of nitrogens with one attached hydrogen (secondary N) is 1. The van der Waals surface area contributed by atoms with E-state index in [2.05, 4.69) is 25.2 Å². The molecule has 0 spiro atoms. The topological polar surface area (TPSA) is 21.3 Å². The van der Waals surface area contributed by atoms with Crippen molar-refractivity contribution >= 4 is 0 Å². The Kier molecular flexibility index (Phi) is 3.68. The maximum Gasteiger partial charge on any atom is 0.125 e. The zero-order chi connectivity index (χ0) is 14.9. The molecule has 1 unspecified atom stereocenters. The van der Waals surface area contributed by atoms with Gasteiger partial charge in [-0.05, 0) is 50.6 Å². The Morgan fingerprint density at radius 1 is 1.14 bits per heavy atom. The third-order valence-corrected chi connectivity index (χ3v) is 3.95. The number of hydrogen-bond donors (Lipinski definition) is 1. The summed E-state index contributed by atoms with van der Waals surface area (Å²) in [5, 5.41) is 3.55. The van der Waals surface area contributed by atoms with Gasteiger partial charge in [0, 0.05) is 5.56 Å². The molecule has 1 aliphatic rings. The van der Waals surface area contributed by atoms with E-state index < -0.39 is 0 Å². The Hall–Kier alpha value is -1.87. The quantitative estimate of drug-likeness (QED) is 0.920. The van der Waals surface area contributed by atoms with Crippen LogP contribution in [0.2, 0.25) is 0 Å². The van der Waals surface area contributed by atoms with Gasteiger partial charge in [-0.25, -0.2) is 4.39 Å². The van der Waals surface area contributed by atoms with Crippen molar-refractivity contribution in [3.8, 4) is 5.75 Å². The van der Waals surface area contributed by atoms with Gasteiger partial charge in [0.25, 0.3) is 0 Å². The molecule has 1 aliphatic heterocycles. The first-order chi connectivity index (χ1) is 10.1. The van der Waals surface area contributed by atoms with Crippen LogP contribution in [0.25, 0.3) is 0 Å². The molecule has 110 valence electrons. The Bertz CT molecular complexity index is 639. The van der Waals surface area contributed by atoms with Crippen molar-refractivity contribution in [3.05, 3.63) is 65.5 Å². The summed E-state index contributed by atoms with van der Waals surface area (Å²) in [6, 6.07) is 15.1. The van der Waals surface area contributed by atoms with Crippen LogP contribution in [-0.4, -0.2) is 12.1 Å². The molecule has 1 heterocycles. The first-order valence-electron chi connectivity index (χ1n) is 7.32. The average Bonchev–Trinajstić information content (AvgIpc) is 2.70. The molecule has 0 amide bonds. The first kappa shape index (κ1) is 14.1. The van der Waals surface area contributed by atoms with E-state index >= 15 is 0 Å². The molecule has 1 atom stereocenters. The summed E-state index contributed by atoms with van der Waals surface area (Å²) in [6.45, 7) is 4.97. The Morgan fingerprint density at radius 2 is 1.95 bits per heavy atom. The van der Waals surface area contributed by atoms with E-state index in [-0.39, 0.29) is 17.5 Å². The molecule has 0 aliphatic carbocycles. The SMILES string of the molecule is CC1(C)Oc2ccccc2C1NCCc1cccc(F)c1. The summed E-state index contributed by atoms with van der Waals surface area (Å²) in [4.78, 5) is 0. The molecule has 1 N–H and O–H groups in total. The molecule has 3 rings (SSSR count). The van der Waals surface area contributed by atoms with Gasteiger partial charge in [0.1, 0.15) is 17.2 Å². The highest BCUT2D eigenvalue weighted by Gasteiger charge is 2.40. The van der Waals surface area contributed by atoms with Gasteiger partial charge in [0.2, 0.25) is 0 Å². The third-order valence-electron chi connectivity index (χ3n) is 3.95. The fourth-order valence-corrected chi connectivity index (χ4v) is 2.94. The molecule has 0 radical (unpaired) electrons. The number of rotatable bonds is 4. The predicted molar refractivity (Wildman–Crippen MR) is 82.0 cm³/mol. The summed E-state index contributed by atoms with van der Waals surface area (Å²) in [6.07, 6.45) is 0.798. The lowest BCUT2D eigenvalue weighted by Crippen LogP contribution is -2.39. The Balaban J connectivity index is 1.67. The van der Waals surface area contributed by atoms with Crippen molar-refractivity contribution in [1.82, 2.24) is 5.32 Å². The number of halogens is 1. The van der Waals surface area contributed by atoms with Gasteiger partial charge in [0.15, 0.2) is 0 Å². The smallest absolute Gasteiger partial charge is 0.125 e. The second-order valence-corrected chi connectivity index (χ2v) is 6.01. The van der Waals surface area contributed by atoms with Crippen LogP contribution in [0.3, 0.4) is 0 Å². The van der Waals surface area contributed by atoms with Crippen LogP contribution in [0.5, 0.6) is 5.75 Å². The largest absolute Gasteiger partial charge is 0.486 e. The summed E-state index contributed by atoms with van der Waals surface area (Å²) in [7, 11) is 0. The second kappa shape index (κ2) is 5.49. The fraction of sp³-hybridized carbons (Fsp3) is 0.333. The zero-order valence-corrected chi connectivity index (χ0v) is 12.4. The van der Waals surface area contributed by atoms with Gasteiger partial charge in [-0.3, -0.25) is 0 Å². The van der Waals surface area contributed by atoms with Crippen LogP contribution in [0.15, 0.2) is 48.5 Å². The van der Waals surface area contributed by atoms with Gasteiger partial charge < -0.3 is 10.1 Å². The van der Waals surface area contributed by atoms with Crippen molar-refractivity contribution in [1.29, 1.82) is 0 Å². The molecule has 0 bridgehead atoms. The Morgan fingerprint density at radius 3 is 2.76 bits per heavy atom. The summed E-state index contributed by atoms with van der Waals surface area (Å²) >= 11 is 0. The minimum absolute atomic E-state index is 0.155. The van der Waals surface area contributed by atoms with Crippen LogP contribution in [0.4, 0.5) is 4.39 Å². The first-order valence-corrected chi connectivity index (χ1v) is 7.32. The molecular formula is C18H20FNO. The summed E-state index contributed by atoms with van der Waals surface area (Å²) in [5.74, 6) is 0.771. The number of fused-ring (bicyclic) bond motifs is 1. The summed E-state index contributed by atoms with van der Waals surface area (Å²) in [5.41, 5.74) is 1.93. The van der Waals surface area contributed by atoms with E-state index in [1.54, 1.807) is 12.1 Å². The zero-order valence-electron chi connectivity index (χ0n) is 12.4. The Labute approximate surface area is 125 Å². The van der Waals surface area contributed by atoms with Crippen LogP contribution in [-0.2, 0) is 6.42 Å². The lowest BCUT2D eigenvalue weighted by atomic mass is 9.94. The third kappa shape index (κ3) is 2.93. The van der Waals surface area contributed by atoms with Crippen molar-refractivity contribution in [2.24, 2.45) is 0 Å². The molecule has 0 fully saturated rings. The molecule has 0 aromatic heterocycles. The molecule has 2 aromatic carbocycles. The molecule has 2 nitrogen and oxygen atoms in total. The van der Waals surface area contributed by atoms with E-state index in [9.17, 15) is 4.39 Å². The van der Waals surface area contributed by atoms with Crippen molar-refractivity contribution < 1.29 is 9.13 Å². The minimum Gasteiger partial charge on any atom is -0.486 e. The van der Waals surface area contributed by atoms with Crippen LogP contribution in [0.1, 0.15) is 31.0 Å². The highest BCUT2D eigenvalue weighted by Crippen LogP contribution is 2.42. The lowest BCUT2D eigenvalue weighted by Gasteiger charge is -2.27. The van der Waals surface area contributed by atoms with Crippen molar-refractivity contribution in [2.75, 3.05) is 6.54 Å². The van der Waals surface area contributed by atoms with E-state index in [4.69, 9.17) is 4.74 Å². The van der Waals surface area contributed by atoms with Gasteiger partial charge in [0.05, 0.1) is 6.04 Å². The normalized spacial score (nSPS) is 19.1. The number of benzene rings is 2. The molecule has 3 heteroatoms. The van der Waals surface area contributed by atoms with Gasteiger partial charge in [-0.15, -0.1) is 0 Å². The van der Waals surface area contributed by atoms with E-state index in [0.717, 1.165) is 24.3 Å². The van der Waals surface area contributed by atoms with Crippen molar-refractivity contribution in [2.45, 2.75) is 31.9 Å². The lowest BCUT2D eigenvalue weighted by molar-refractivity contribution is 0.0968. The van der Waals surface area contributed by atoms with E-state index in [1.807, 2.05) is 24.3 Å². The summed E-state index contributed by atoms with van der Waals surface area (Å²) < 4.78 is 19.2. The number of ether oxygens (including phenoxy) is 1. The fourth-order valence-electron chi connectivity index (χ4n) is 2.94. The maximum atomic E-state index is 13.2. The van der Waals surface area contributed by atoms with Crippen LogP contribution in [0, 0.1) is 5.82 Å². The van der Waals surface area contributed by atoms with Crippen molar-refractivity contribution in [3.63, 3.8) is 0 Å². The molecule has 2 aromatic rings. The van der Waals surface area contributed by atoms with Crippen LogP contribution < -0.4 is 10.1 Å². The van der Waals surface area contributed by atoms with Gasteiger partial charge in [-0.1, -0.05) is 30.3 Å². The highest BCUT2D eigenvalue weighted by atomic mass is 19.1. The van der Waals surface area contributed by atoms with Gasteiger partial charge in [-0.2, -0.15) is 0 Å². The molecular weight excluding hydrogens is 265 g/mol. The van der Waals surface area contributed by atoms with Crippen LogP contribution >= 0.6 is 0 Å². The number of hydrogen-bond acceptors (Lipinski definition) is 2. The van der Waals surface area contributed by atoms with E-state index in [0.29, 0.717) is 0 Å². The standard InChI is InChI=1S/C18H20FNO/c1-18(2)17(15-8-3-4-9-16(15)21-18)20-11-10-13-6-5-7-14(19)12-13/h3-9,12,17,20H,10-11H2,1-2H3. The molecule has 0 saturated carbocycles. The minimum atomic E-state index is -0.272. The predicted octanol–water partition coefficient (Wildman–Crippen LogP) is 3.87. The van der Waals surface area contributed by atoms with Gasteiger partial charge >= 0.3 is 0 Å².